The van der Waals surface area contributed by atoms with Crippen molar-refractivity contribution in [3.05, 3.63) is 12.7 Å². The first-order valence-electron chi connectivity index (χ1n) is 5.58. The summed E-state index contributed by atoms with van der Waals surface area (Å²) in [6, 6.07) is 0. The molecule has 0 aliphatic carbocycles. The van der Waals surface area contributed by atoms with E-state index < -0.39 is 12.3 Å². The topological polar surface area (TPSA) is 119 Å². The smallest absolute Gasteiger partial charge is 0.167 e. The SMILES string of the molecule is Nc1ncnc2c1ncn2[13C@@H]1O[13C@H]([13CH2]O)[13CH2][13C@H]1O. The quantitative estimate of drug-likeness (QED) is 0.592. The van der Waals surface area contributed by atoms with E-state index in [2.05, 4.69) is 15.0 Å². The van der Waals surface area contributed by atoms with E-state index in [4.69, 9.17) is 15.6 Å². The second-order valence-electron chi connectivity index (χ2n) is 4.22. The Morgan fingerprint density at radius 1 is 1.44 bits per heavy atom. The molecule has 8 heteroatoms. The molecule has 0 unspecified atom stereocenters. The van der Waals surface area contributed by atoms with Crippen LogP contribution in [0.4, 0.5) is 5.82 Å². The van der Waals surface area contributed by atoms with Crippen molar-refractivity contribution in [2.75, 3.05) is 12.3 Å². The van der Waals surface area contributed by atoms with Crippen molar-refractivity contribution in [1.82, 2.24) is 19.5 Å². The van der Waals surface area contributed by atoms with Gasteiger partial charge in [0.1, 0.15) is 17.9 Å². The van der Waals surface area contributed by atoms with Gasteiger partial charge in [0.15, 0.2) is 17.7 Å². The van der Waals surface area contributed by atoms with Crippen molar-refractivity contribution in [3.63, 3.8) is 0 Å². The molecule has 0 amide bonds. The molecule has 0 radical (unpaired) electrons. The van der Waals surface area contributed by atoms with Crippen LogP contribution in [0.1, 0.15) is 12.6 Å². The molecule has 2 aromatic heterocycles. The summed E-state index contributed by atoms with van der Waals surface area (Å²) in [7, 11) is 0. The summed E-state index contributed by atoms with van der Waals surface area (Å²) in [5.74, 6) is 0.282. The average Bonchev–Trinajstić information content (AvgIpc) is 2.93. The Morgan fingerprint density at radius 2 is 2.28 bits per heavy atom. The number of anilines is 1. The van der Waals surface area contributed by atoms with Gasteiger partial charge in [0.2, 0.25) is 0 Å². The number of rotatable bonds is 2. The van der Waals surface area contributed by atoms with Crippen molar-refractivity contribution >= 4 is 17.0 Å². The Hall–Kier alpha value is -1.77. The number of aromatic nitrogens is 4. The Morgan fingerprint density at radius 3 is 3.00 bits per heavy atom. The fourth-order valence-corrected chi connectivity index (χ4v) is 2.15. The zero-order chi connectivity index (χ0) is 12.7. The molecule has 18 heavy (non-hydrogen) atoms. The first-order chi connectivity index (χ1) is 8.70. The summed E-state index contributed by atoms with van der Waals surface area (Å²) >= 11 is 0. The van der Waals surface area contributed by atoms with E-state index in [1.54, 1.807) is 4.57 Å². The van der Waals surface area contributed by atoms with Gasteiger partial charge in [0.25, 0.3) is 0 Å². The lowest BCUT2D eigenvalue weighted by Crippen LogP contribution is -2.19. The maximum Gasteiger partial charge on any atom is 0.167 e. The Bertz CT molecular complexity index is 572. The third-order valence-corrected chi connectivity index (χ3v) is 3.03. The molecule has 3 heterocycles. The van der Waals surface area contributed by atoms with Crippen molar-refractivity contribution in [2.45, 2.75) is 24.9 Å². The van der Waals surface area contributed by atoms with Crippen LogP contribution < -0.4 is 5.73 Å². The molecule has 4 N–H and O–H groups in total. The molecule has 1 aliphatic heterocycles. The average molecular weight is 256 g/mol. The molecule has 0 saturated carbocycles. The third kappa shape index (κ3) is 1.62. The fourth-order valence-electron chi connectivity index (χ4n) is 2.15. The molecule has 96 valence electrons. The first-order valence-corrected chi connectivity index (χ1v) is 5.58. The molecular formula is C10H13N5O3. The lowest BCUT2D eigenvalue weighted by atomic mass is 10.5. The number of nitrogen functional groups attached to an aromatic ring is 1. The highest BCUT2D eigenvalue weighted by Gasteiger charge is 2.35. The minimum atomic E-state index is -0.712. The minimum Gasteiger partial charge on any atom is -0.394 e. The number of hydrogen-bond donors (Lipinski definition) is 3. The standard InChI is InChI=1S/C10H13N5O3/c11-8-7-9(13-3-12-8)15(4-14-7)10-6(17)1-5(2-16)18-10/h3-6,10,16-17H,1-2H2,(H2,11,12,13)/t5-,6+,10+/m0/s1/i1+1,2+1,5+1,6+1,10+1. The van der Waals surface area contributed by atoms with Gasteiger partial charge in [-0.05, 0) is 0 Å². The zero-order valence-electron chi connectivity index (χ0n) is 9.47. The van der Waals surface area contributed by atoms with Crippen molar-refractivity contribution in [1.29, 1.82) is 0 Å². The summed E-state index contributed by atoms with van der Waals surface area (Å²) in [6.45, 7) is -0.128. The molecule has 0 spiro atoms. The van der Waals surface area contributed by atoms with Gasteiger partial charge in [0, 0.05) is 6.42 Å². The second kappa shape index (κ2) is 4.16. The van der Waals surface area contributed by atoms with Crippen LogP contribution in [0, 0.1) is 0 Å². The monoisotopic (exact) mass is 256 g/mol. The second-order valence-corrected chi connectivity index (χ2v) is 4.22. The van der Waals surface area contributed by atoms with E-state index in [1.807, 2.05) is 0 Å². The molecule has 1 fully saturated rings. The van der Waals surface area contributed by atoms with Crippen molar-refractivity contribution in [2.24, 2.45) is 0 Å². The van der Waals surface area contributed by atoms with E-state index in [1.165, 1.54) is 12.7 Å². The van der Waals surface area contributed by atoms with Gasteiger partial charge in [-0.15, -0.1) is 0 Å². The van der Waals surface area contributed by atoms with Gasteiger partial charge < -0.3 is 20.7 Å². The van der Waals surface area contributed by atoms with Gasteiger partial charge in [-0.25, -0.2) is 15.0 Å². The van der Waals surface area contributed by atoms with Gasteiger partial charge in [-0.2, -0.15) is 0 Å². The van der Waals surface area contributed by atoms with Crippen LogP contribution in [0.15, 0.2) is 12.7 Å². The number of aliphatic hydroxyl groups excluding tert-OH is 2. The van der Waals surface area contributed by atoms with Crippen LogP contribution in [0.3, 0.4) is 0 Å². The Labute approximate surface area is 102 Å². The zero-order valence-corrected chi connectivity index (χ0v) is 9.47. The number of aliphatic hydroxyl groups is 2. The molecule has 0 bridgehead atoms. The van der Waals surface area contributed by atoms with Crippen LogP contribution in [-0.2, 0) is 4.74 Å². The normalized spacial score (nSPS) is 28.0. The Kier molecular flexibility index (Phi) is 2.62. The van der Waals surface area contributed by atoms with E-state index in [9.17, 15) is 5.11 Å². The van der Waals surface area contributed by atoms with E-state index in [0.717, 1.165) is 0 Å². The fraction of sp³-hybridized carbons (Fsp3) is 0.500. The minimum absolute atomic E-state index is 0.128. The van der Waals surface area contributed by atoms with Gasteiger partial charge in [-0.1, -0.05) is 0 Å². The number of nitrogens with zero attached hydrogens (tertiary/aromatic N) is 4. The van der Waals surface area contributed by atoms with Gasteiger partial charge in [0.05, 0.1) is 19.0 Å². The summed E-state index contributed by atoms with van der Waals surface area (Å²) < 4.78 is 7.14. The van der Waals surface area contributed by atoms with Crippen molar-refractivity contribution in [3.8, 4) is 0 Å². The molecule has 2 aromatic rings. The lowest BCUT2D eigenvalue weighted by Gasteiger charge is -2.16. The van der Waals surface area contributed by atoms with Crippen LogP contribution >= 0.6 is 0 Å². The number of imidazole rings is 1. The third-order valence-electron chi connectivity index (χ3n) is 3.03. The Balaban J connectivity index is 2.02. The van der Waals surface area contributed by atoms with E-state index in [0.29, 0.717) is 17.6 Å². The summed E-state index contributed by atoms with van der Waals surface area (Å²) in [6.07, 6.45) is 1.52. The van der Waals surface area contributed by atoms with Gasteiger partial charge in [-0.3, -0.25) is 4.57 Å². The molecule has 0 aromatic carbocycles. The largest absolute Gasteiger partial charge is 0.394 e. The molecule has 3 rings (SSSR count). The molecule has 3 atom stereocenters. The number of ether oxygens (including phenoxy) is 1. The lowest BCUT2D eigenvalue weighted by molar-refractivity contribution is -0.0486. The van der Waals surface area contributed by atoms with Crippen LogP contribution in [0.25, 0.3) is 11.2 Å². The van der Waals surface area contributed by atoms with Crippen LogP contribution in [0.2, 0.25) is 0 Å². The maximum atomic E-state index is 9.93. The number of hydrogen-bond acceptors (Lipinski definition) is 7. The molecule has 1 saturated heterocycles. The first kappa shape index (κ1) is 11.3. The summed E-state index contributed by atoms with van der Waals surface area (Å²) in [5, 5.41) is 19.0. The summed E-state index contributed by atoms with van der Waals surface area (Å²) in [4.78, 5) is 12.0. The predicted molar refractivity (Wildman–Crippen MR) is 61.4 cm³/mol. The van der Waals surface area contributed by atoms with Gasteiger partial charge >= 0.3 is 0 Å². The van der Waals surface area contributed by atoms with Crippen molar-refractivity contribution < 1.29 is 14.9 Å². The molecular weight excluding hydrogens is 243 g/mol. The van der Waals surface area contributed by atoms with Crippen LogP contribution in [-0.4, -0.2) is 48.5 Å². The highest BCUT2D eigenvalue weighted by Crippen LogP contribution is 2.31. The number of nitrogens with two attached hydrogens (primary N) is 1. The maximum absolute atomic E-state index is 9.93. The number of fused-ring (bicyclic) bond motifs is 1. The van der Waals surface area contributed by atoms with Crippen LogP contribution in [0.5, 0.6) is 0 Å². The predicted octanol–water partition coefficient (Wildman–Crippen LogP) is -0.951. The highest BCUT2D eigenvalue weighted by atomic mass is 16.7. The van der Waals surface area contributed by atoms with E-state index in [-0.39, 0.29) is 18.5 Å². The summed E-state index contributed by atoms with van der Waals surface area (Å²) in [5.41, 5.74) is 6.66. The van der Waals surface area contributed by atoms with E-state index >= 15 is 0 Å². The highest BCUT2D eigenvalue weighted by molar-refractivity contribution is 5.81. The molecule has 8 nitrogen and oxygen atoms in total. The molecule has 1 aliphatic rings.